The van der Waals surface area contributed by atoms with E-state index in [0.29, 0.717) is 11.9 Å². The lowest BCUT2D eigenvalue weighted by Gasteiger charge is -2.13. The monoisotopic (exact) mass is 266 g/mol. The third kappa shape index (κ3) is 2.64. The summed E-state index contributed by atoms with van der Waals surface area (Å²) < 4.78 is 26.8. The van der Waals surface area contributed by atoms with Crippen LogP contribution in [0.5, 0.6) is 0 Å². The molecule has 1 heterocycles. The molecule has 1 N–H and O–H groups in total. The van der Waals surface area contributed by atoms with Crippen LogP contribution in [0, 0.1) is 11.6 Å². The van der Waals surface area contributed by atoms with E-state index in [-0.39, 0.29) is 16.8 Å². The number of aromatic nitrogens is 2. The molecular weight excluding hydrogens is 250 g/mol. The van der Waals surface area contributed by atoms with Gasteiger partial charge in [0, 0.05) is 18.1 Å². The van der Waals surface area contributed by atoms with E-state index in [2.05, 4.69) is 9.97 Å². The molecule has 0 bridgehead atoms. The molecular formula is C14H16F2N2O. The predicted molar refractivity (Wildman–Crippen MR) is 70.2 cm³/mol. The van der Waals surface area contributed by atoms with Gasteiger partial charge in [-0.3, -0.25) is 4.79 Å². The van der Waals surface area contributed by atoms with E-state index in [4.69, 9.17) is 0 Å². The summed E-state index contributed by atoms with van der Waals surface area (Å²) in [7, 11) is 0. The molecule has 102 valence electrons. The number of fused-ring (bicyclic) bond motifs is 1. The topological polar surface area (TPSA) is 45.8 Å². The van der Waals surface area contributed by atoms with Gasteiger partial charge in [0.25, 0.3) is 5.56 Å². The Morgan fingerprint density at radius 2 is 2.05 bits per heavy atom. The van der Waals surface area contributed by atoms with Gasteiger partial charge >= 0.3 is 0 Å². The molecule has 19 heavy (non-hydrogen) atoms. The number of nitrogens with zero attached hydrogens (tertiary/aromatic N) is 1. The van der Waals surface area contributed by atoms with Crippen LogP contribution in [0.1, 0.15) is 44.9 Å². The van der Waals surface area contributed by atoms with E-state index in [1.54, 1.807) is 0 Å². The molecule has 2 aromatic rings. The fourth-order valence-electron chi connectivity index (χ4n) is 2.29. The number of halogens is 2. The zero-order valence-corrected chi connectivity index (χ0v) is 11.0. The zero-order valence-electron chi connectivity index (χ0n) is 11.0. The van der Waals surface area contributed by atoms with Crippen LogP contribution in [-0.4, -0.2) is 9.97 Å². The van der Waals surface area contributed by atoms with Gasteiger partial charge < -0.3 is 4.98 Å². The molecule has 2 rings (SSSR count). The second-order valence-corrected chi connectivity index (χ2v) is 4.63. The van der Waals surface area contributed by atoms with Crippen molar-refractivity contribution in [3.63, 3.8) is 0 Å². The summed E-state index contributed by atoms with van der Waals surface area (Å²) in [6.07, 6.45) is 2.65. The number of aromatic amines is 1. The second-order valence-electron chi connectivity index (χ2n) is 4.63. The van der Waals surface area contributed by atoms with Crippen LogP contribution in [0.4, 0.5) is 8.78 Å². The van der Waals surface area contributed by atoms with Gasteiger partial charge in [0.1, 0.15) is 22.8 Å². The Kier molecular flexibility index (Phi) is 3.93. The summed E-state index contributed by atoms with van der Waals surface area (Å²) >= 11 is 0. The van der Waals surface area contributed by atoms with E-state index in [1.165, 1.54) is 0 Å². The summed E-state index contributed by atoms with van der Waals surface area (Å²) in [6.45, 7) is 4.04. The molecule has 0 amide bonds. The highest BCUT2D eigenvalue weighted by molar-refractivity contribution is 5.78. The summed E-state index contributed by atoms with van der Waals surface area (Å²) in [5.41, 5.74) is -0.474. The fourth-order valence-corrected chi connectivity index (χ4v) is 2.29. The van der Waals surface area contributed by atoms with Crippen LogP contribution in [0.2, 0.25) is 0 Å². The van der Waals surface area contributed by atoms with Crippen molar-refractivity contribution in [2.24, 2.45) is 0 Å². The second kappa shape index (κ2) is 5.47. The van der Waals surface area contributed by atoms with E-state index in [0.717, 1.165) is 25.3 Å². The minimum Gasteiger partial charge on any atom is -0.310 e. The summed E-state index contributed by atoms with van der Waals surface area (Å²) in [5, 5.41) is -0.184. The van der Waals surface area contributed by atoms with Gasteiger partial charge in [-0.1, -0.05) is 20.3 Å². The molecule has 0 saturated carbocycles. The largest absolute Gasteiger partial charge is 0.310 e. The highest BCUT2D eigenvalue weighted by Gasteiger charge is 2.15. The van der Waals surface area contributed by atoms with Crippen LogP contribution in [0.25, 0.3) is 10.9 Å². The van der Waals surface area contributed by atoms with Crippen molar-refractivity contribution in [1.82, 2.24) is 9.97 Å². The third-order valence-corrected chi connectivity index (χ3v) is 3.26. The molecule has 1 atom stereocenters. The van der Waals surface area contributed by atoms with Gasteiger partial charge in [-0.25, -0.2) is 13.8 Å². The number of nitrogens with one attached hydrogen (secondary N) is 1. The standard InChI is InChI=1S/C14H16F2N2O/c1-3-5-8(4-2)13-17-11-7-9(15)6-10(16)12(11)14(19)18-13/h6-8H,3-5H2,1-2H3,(H,17,18,19). The molecule has 0 fully saturated rings. The van der Waals surface area contributed by atoms with E-state index < -0.39 is 17.2 Å². The Hall–Kier alpha value is -1.78. The lowest BCUT2D eigenvalue weighted by Crippen LogP contribution is -2.16. The van der Waals surface area contributed by atoms with Crippen LogP contribution >= 0.6 is 0 Å². The summed E-state index contributed by atoms with van der Waals surface area (Å²) in [4.78, 5) is 18.7. The summed E-state index contributed by atoms with van der Waals surface area (Å²) in [5.74, 6) is -0.989. The molecule has 5 heteroatoms. The zero-order chi connectivity index (χ0) is 14.0. The Morgan fingerprint density at radius 3 is 2.68 bits per heavy atom. The maximum atomic E-state index is 13.6. The molecule has 1 aromatic carbocycles. The lowest BCUT2D eigenvalue weighted by atomic mass is 10.00. The first-order valence-electron chi connectivity index (χ1n) is 6.45. The maximum absolute atomic E-state index is 13.6. The van der Waals surface area contributed by atoms with Crippen molar-refractivity contribution in [3.05, 3.63) is 39.9 Å². The van der Waals surface area contributed by atoms with Crippen LogP contribution in [-0.2, 0) is 0 Å². The molecule has 0 radical (unpaired) electrons. The van der Waals surface area contributed by atoms with E-state index >= 15 is 0 Å². The number of rotatable bonds is 4. The molecule has 0 aliphatic carbocycles. The third-order valence-electron chi connectivity index (χ3n) is 3.26. The quantitative estimate of drug-likeness (QED) is 0.920. The SMILES string of the molecule is CCCC(CC)c1nc2cc(F)cc(F)c2c(=O)[nH]1. The normalized spacial score (nSPS) is 12.8. The number of H-pyrrole nitrogens is 1. The molecule has 0 spiro atoms. The van der Waals surface area contributed by atoms with Gasteiger partial charge in [-0.2, -0.15) is 0 Å². The number of benzene rings is 1. The van der Waals surface area contributed by atoms with Crippen molar-refractivity contribution in [2.45, 2.75) is 39.0 Å². The molecule has 1 unspecified atom stereocenters. The average Bonchev–Trinajstić information content (AvgIpc) is 2.34. The van der Waals surface area contributed by atoms with Crippen LogP contribution in [0.3, 0.4) is 0 Å². The van der Waals surface area contributed by atoms with Gasteiger partial charge in [0.05, 0.1) is 5.52 Å². The highest BCUT2D eigenvalue weighted by Crippen LogP contribution is 2.22. The van der Waals surface area contributed by atoms with Gasteiger partial charge in [-0.05, 0) is 12.8 Å². The van der Waals surface area contributed by atoms with Crippen molar-refractivity contribution in [1.29, 1.82) is 0 Å². The minimum absolute atomic E-state index is 0.0748. The van der Waals surface area contributed by atoms with Crippen molar-refractivity contribution in [2.75, 3.05) is 0 Å². The Balaban J connectivity index is 2.64. The smallest absolute Gasteiger partial charge is 0.261 e. The number of hydrogen-bond donors (Lipinski definition) is 1. The van der Waals surface area contributed by atoms with Gasteiger partial charge in [0.15, 0.2) is 0 Å². The highest BCUT2D eigenvalue weighted by atomic mass is 19.1. The molecule has 0 aliphatic heterocycles. The first-order valence-corrected chi connectivity index (χ1v) is 6.45. The van der Waals surface area contributed by atoms with Crippen molar-refractivity contribution >= 4 is 10.9 Å². The van der Waals surface area contributed by atoms with Crippen LogP contribution < -0.4 is 5.56 Å². The van der Waals surface area contributed by atoms with Crippen molar-refractivity contribution in [3.8, 4) is 0 Å². The number of hydrogen-bond acceptors (Lipinski definition) is 2. The first-order chi connectivity index (χ1) is 9.06. The maximum Gasteiger partial charge on any atom is 0.261 e. The predicted octanol–water partition coefficient (Wildman–Crippen LogP) is 3.50. The molecule has 0 saturated heterocycles. The Labute approximate surface area is 109 Å². The summed E-state index contributed by atoms with van der Waals surface area (Å²) in [6, 6.07) is 1.79. The average molecular weight is 266 g/mol. The van der Waals surface area contributed by atoms with Crippen LogP contribution in [0.15, 0.2) is 16.9 Å². The van der Waals surface area contributed by atoms with E-state index in [1.807, 2.05) is 13.8 Å². The lowest BCUT2D eigenvalue weighted by molar-refractivity contribution is 0.562. The first kappa shape index (κ1) is 13.6. The van der Waals surface area contributed by atoms with Crippen molar-refractivity contribution < 1.29 is 8.78 Å². The van der Waals surface area contributed by atoms with Gasteiger partial charge in [-0.15, -0.1) is 0 Å². The molecule has 0 aliphatic rings. The molecule has 1 aromatic heterocycles. The van der Waals surface area contributed by atoms with Gasteiger partial charge in [0.2, 0.25) is 0 Å². The Morgan fingerprint density at radius 1 is 1.32 bits per heavy atom. The minimum atomic E-state index is -0.876. The fraction of sp³-hybridized carbons (Fsp3) is 0.429. The Bertz CT molecular complexity index is 652. The molecule has 3 nitrogen and oxygen atoms in total. The van der Waals surface area contributed by atoms with E-state index in [9.17, 15) is 13.6 Å².